The van der Waals surface area contributed by atoms with Gasteiger partial charge in [0.1, 0.15) is 5.82 Å². The Morgan fingerprint density at radius 2 is 1.90 bits per heavy atom. The van der Waals surface area contributed by atoms with Crippen molar-refractivity contribution in [3.63, 3.8) is 0 Å². The first-order chi connectivity index (χ1) is 14.7. The first kappa shape index (κ1) is 24.5. The van der Waals surface area contributed by atoms with Crippen LogP contribution in [0.2, 0.25) is 10.0 Å². The van der Waals surface area contributed by atoms with E-state index in [4.69, 9.17) is 33.7 Å². The Balaban J connectivity index is 2.32. The molecule has 0 fully saturated rings. The van der Waals surface area contributed by atoms with Gasteiger partial charge in [-0.3, -0.25) is 19.1 Å². The van der Waals surface area contributed by atoms with Gasteiger partial charge in [-0.2, -0.15) is 0 Å². The maximum Gasteiger partial charge on any atom is 0.340 e. The van der Waals surface area contributed by atoms with Gasteiger partial charge in [0.05, 0.1) is 10.6 Å². The molecule has 9 nitrogen and oxygen atoms in total. The summed E-state index contributed by atoms with van der Waals surface area (Å²) in [4.78, 5) is 53.1. The molecule has 31 heavy (non-hydrogen) atoms. The predicted molar refractivity (Wildman–Crippen MR) is 120 cm³/mol. The standard InChI is InChI=1S/C20H24Cl2N4O5/c1-3-5-9-25(16-17(23)26(8-4-2)20(30)24-18(16)28)15(27)11-31-19(29)13-10-12(21)6-7-14(13)22/h6-7,10H,3-5,8-9,11,23H2,1-2H3,(H,24,28,30). The molecule has 1 amide bonds. The van der Waals surface area contributed by atoms with E-state index in [9.17, 15) is 19.2 Å². The van der Waals surface area contributed by atoms with E-state index < -0.39 is 29.7 Å². The van der Waals surface area contributed by atoms with Crippen molar-refractivity contribution in [2.45, 2.75) is 39.7 Å². The summed E-state index contributed by atoms with van der Waals surface area (Å²) in [5.41, 5.74) is 4.49. The molecule has 2 rings (SSSR count). The Hall–Kier alpha value is -2.78. The molecule has 3 N–H and O–H groups in total. The molecule has 0 saturated carbocycles. The van der Waals surface area contributed by atoms with Gasteiger partial charge >= 0.3 is 11.7 Å². The van der Waals surface area contributed by atoms with Crippen LogP contribution in [0.5, 0.6) is 0 Å². The molecular formula is C20H24Cl2N4O5. The Kier molecular flexibility index (Phi) is 8.70. The molecule has 2 aromatic rings. The van der Waals surface area contributed by atoms with E-state index in [1.807, 2.05) is 13.8 Å². The molecule has 168 valence electrons. The van der Waals surface area contributed by atoms with E-state index in [-0.39, 0.29) is 40.2 Å². The summed E-state index contributed by atoms with van der Waals surface area (Å²) >= 11 is 11.9. The number of anilines is 2. The second kappa shape index (κ2) is 11.0. The lowest BCUT2D eigenvalue weighted by Gasteiger charge is -2.24. The van der Waals surface area contributed by atoms with E-state index in [1.54, 1.807) is 0 Å². The van der Waals surface area contributed by atoms with Gasteiger partial charge in [0.2, 0.25) is 0 Å². The number of carbonyl (C=O) groups is 2. The quantitative estimate of drug-likeness (QED) is 0.542. The van der Waals surface area contributed by atoms with Gasteiger partial charge in [0.25, 0.3) is 11.5 Å². The number of aromatic nitrogens is 2. The molecule has 0 radical (unpaired) electrons. The number of hydrogen-bond acceptors (Lipinski definition) is 6. The summed E-state index contributed by atoms with van der Waals surface area (Å²) in [7, 11) is 0. The summed E-state index contributed by atoms with van der Waals surface area (Å²) in [6.45, 7) is 3.53. The number of nitrogens with zero attached hydrogens (tertiary/aromatic N) is 2. The van der Waals surface area contributed by atoms with Gasteiger partial charge in [-0.05, 0) is 31.0 Å². The summed E-state index contributed by atoms with van der Waals surface area (Å²) < 4.78 is 6.29. The maximum absolute atomic E-state index is 12.9. The molecular weight excluding hydrogens is 447 g/mol. The molecule has 0 spiro atoms. The maximum atomic E-state index is 12.9. The number of nitrogens with one attached hydrogen (secondary N) is 1. The highest BCUT2D eigenvalue weighted by Gasteiger charge is 2.25. The summed E-state index contributed by atoms with van der Waals surface area (Å²) in [6.07, 6.45) is 1.89. The van der Waals surface area contributed by atoms with E-state index >= 15 is 0 Å². The van der Waals surface area contributed by atoms with Crippen LogP contribution >= 0.6 is 23.2 Å². The van der Waals surface area contributed by atoms with Crippen LogP contribution < -0.4 is 21.9 Å². The Morgan fingerprint density at radius 3 is 2.55 bits per heavy atom. The number of carbonyl (C=O) groups excluding carboxylic acids is 2. The number of ether oxygens (including phenoxy) is 1. The number of unbranched alkanes of at least 4 members (excludes halogenated alkanes) is 1. The smallest absolute Gasteiger partial charge is 0.340 e. The number of aromatic amines is 1. The Bertz CT molecular complexity index is 1080. The van der Waals surface area contributed by atoms with Gasteiger partial charge in [0, 0.05) is 18.1 Å². The zero-order chi connectivity index (χ0) is 23.1. The normalized spacial score (nSPS) is 10.7. The number of nitrogens with two attached hydrogens (primary N) is 1. The minimum Gasteiger partial charge on any atom is -0.452 e. The third-order valence-corrected chi connectivity index (χ3v) is 5.01. The van der Waals surface area contributed by atoms with Gasteiger partial charge in [-0.15, -0.1) is 0 Å². The summed E-state index contributed by atoms with van der Waals surface area (Å²) in [5.74, 6) is -1.63. The van der Waals surface area contributed by atoms with E-state index in [0.717, 1.165) is 11.3 Å². The van der Waals surface area contributed by atoms with Crippen LogP contribution in [0.15, 0.2) is 27.8 Å². The minimum absolute atomic E-state index is 0.0101. The van der Waals surface area contributed by atoms with Crippen LogP contribution in [0, 0.1) is 0 Å². The number of amides is 1. The Morgan fingerprint density at radius 1 is 1.19 bits per heavy atom. The van der Waals surface area contributed by atoms with Crippen LogP contribution in [0.4, 0.5) is 11.5 Å². The van der Waals surface area contributed by atoms with Gasteiger partial charge in [0.15, 0.2) is 12.3 Å². The molecule has 0 bridgehead atoms. The molecule has 0 aliphatic carbocycles. The molecule has 11 heteroatoms. The number of halogens is 2. The van der Waals surface area contributed by atoms with Crippen molar-refractivity contribution in [3.8, 4) is 0 Å². The topological polar surface area (TPSA) is 127 Å². The van der Waals surface area contributed by atoms with Crippen molar-refractivity contribution in [1.29, 1.82) is 0 Å². The second-order valence-corrected chi connectivity index (χ2v) is 7.59. The van der Waals surface area contributed by atoms with Gasteiger partial charge < -0.3 is 15.4 Å². The van der Waals surface area contributed by atoms with E-state index in [1.165, 1.54) is 22.8 Å². The van der Waals surface area contributed by atoms with Crippen molar-refractivity contribution >= 4 is 46.6 Å². The highest BCUT2D eigenvalue weighted by Crippen LogP contribution is 2.22. The number of benzene rings is 1. The zero-order valence-electron chi connectivity index (χ0n) is 17.2. The summed E-state index contributed by atoms with van der Waals surface area (Å²) in [6, 6.07) is 4.28. The first-order valence-corrected chi connectivity index (χ1v) is 10.5. The number of H-pyrrole nitrogens is 1. The minimum atomic E-state index is -0.839. The molecule has 1 aromatic heterocycles. The highest BCUT2D eigenvalue weighted by molar-refractivity contribution is 6.35. The average Bonchev–Trinajstić information content (AvgIpc) is 2.73. The fourth-order valence-electron chi connectivity index (χ4n) is 2.90. The fraction of sp³-hybridized carbons (Fsp3) is 0.400. The number of rotatable bonds is 9. The van der Waals surface area contributed by atoms with E-state index in [0.29, 0.717) is 12.8 Å². The molecule has 1 aromatic carbocycles. The molecule has 0 aliphatic rings. The molecule has 0 unspecified atom stereocenters. The lowest BCUT2D eigenvalue weighted by atomic mass is 10.2. The monoisotopic (exact) mass is 470 g/mol. The van der Waals surface area contributed by atoms with Crippen molar-refractivity contribution in [2.24, 2.45) is 0 Å². The van der Waals surface area contributed by atoms with Crippen molar-refractivity contribution < 1.29 is 14.3 Å². The van der Waals surface area contributed by atoms with Crippen molar-refractivity contribution in [2.75, 3.05) is 23.8 Å². The fourth-order valence-corrected chi connectivity index (χ4v) is 3.26. The van der Waals surface area contributed by atoms with Crippen LogP contribution in [-0.2, 0) is 16.1 Å². The predicted octanol–water partition coefficient (Wildman–Crippen LogP) is 2.83. The lowest BCUT2D eigenvalue weighted by Crippen LogP contribution is -2.43. The van der Waals surface area contributed by atoms with Gasteiger partial charge in [-0.1, -0.05) is 43.5 Å². The van der Waals surface area contributed by atoms with Crippen LogP contribution in [-0.4, -0.2) is 34.6 Å². The highest BCUT2D eigenvalue weighted by atomic mass is 35.5. The molecule has 0 aliphatic heterocycles. The molecule has 0 atom stereocenters. The van der Waals surface area contributed by atoms with Gasteiger partial charge in [-0.25, -0.2) is 9.59 Å². The largest absolute Gasteiger partial charge is 0.452 e. The Labute approximate surface area is 188 Å². The average molecular weight is 471 g/mol. The molecule has 0 saturated heterocycles. The zero-order valence-corrected chi connectivity index (χ0v) is 18.8. The van der Waals surface area contributed by atoms with Crippen LogP contribution in [0.25, 0.3) is 0 Å². The SMILES string of the molecule is CCCCN(C(=O)COC(=O)c1cc(Cl)ccc1Cl)c1c(N)n(CCC)c(=O)[nH]c1=O. The number of hydrogen-bond donors (Lipinski definition) is 2. The first-order valence-electron chi connectivity index (χ1n) is 9.76. The van der Waals surface area contributed by atoms with Crippen molar-refractivity contribution in [1.82, 2.24) is 9.55 Å². The van der Waals surface area contributed by atoms with E-state index in [2.05, 4.69) is 4.98 Å². The number of nitrogen functional groups attached to an aromatic ring is 1. The number of esters is 1. The van der Waals surface area contributed by atoms with Crippen LogP contribution in [0.3, 0.4) is 0 Å². The summed E-state index contributed by atoms with van der Waals surface area (Å²) in [5, 5.41) is 0.404. The third kappa shape index (κ3) is 5.89. The van der Waals surface area contributed by atoms with Crippen LogP contribution in [0.1, 0.15) is 43.5 Å². The molecule has 1 heterocycles. The van der Waals surface area contributed by atoms with Crippen molar-refractivity contribution in [3.05, 3.63) is 54.6 Å². The second-order valence-electron chi connectivity index (χ2n) is 6.74. The third-order valence-electron chi connectivity index (χ3n) is 4.44. The lowest BCUT2D eigenvalue weighted by molar-refractivity contribution is -0.121.